The Labute approximate surface area is 236 Å². The minimum absolute atomic E-state index is 0.231. The molecule has 3 aliphatic rings. The molecular formula is C29H31N9O3. The summed E-state index contributed by atoms with van der Waals surface area (Å²) in [7, 11) is 5.49. The summed E-state index contributed by atoms with van der Waals surface area (Å²) < 4.78 is 21.1. The highest BCUT2D eigenvalue weighted by atomic mass is 16.5. The van der Waals surface area contributed by atoms with E-state index in [0.717, 1.165) is 88.3 Å². The standard InChI is InChI=1S/C29H31N9O3/c1-16-20-11-31-38(23(20)8-22(32-16)21-10-30-6-5-25(21)40-4)26-9-24-27(28(33-26)37-14-18-7-17(37)15-41-18)34-29(35(24)2)36-12-19(13-36)39-3/h5-6,8-11,17-19H,7,12-15H2,1-4H3/t17-,18-/m1/s1. The molecule has 3 fully saturated rings. The summed E-state index contributed by atoms with van der Waals surface area (Å²) in [6.07, 6.45) is 6.83. The molecule has 3 aliphatic heterocycles. The number of rotatable bonds is 6. The Kier molecular flexibility index (Phi) is 5.45. The zero-order valence-corrected chi connectivity index (χ0v) is 23.5. The molecule has 5 aromatic rings. The van der Waals surface area contributed by atoms with Crippen molar-refractivity contribution >= 4 is 33.7 Å². The smallest absolute Gasteiger partial charge is 0.206 e. The average molecular weight is 554 g/mol. The molecule has 41 heavy (non-hydrogen) atoms. The molecule has 0 spiro atoms. The summed E-state index contributed by atoms with van der Waals surface area (Å²) in [5.74, 6) is 3.25. The lowest BCUT2D eigenvalue weighted by Crippen LogP contribution is -2.52. The number of ether oxygens (including phenoxy) is 3. The molecule has 0 N–H and O–H groups in total. The zero-order chi connectivity index (χ0) is 27.8. The third kappa shape index (κ3) is 3.70. The van der Waals surface area contributed by atoms with Gasteiger partial charge in [-0.1, -0.05) is 0 Å². The van der Waals surface area contributed by atoms with Crippen molar-refractivity contribution in [1.82, 2.24) is 34.3 Å². The van der Waals surface area contributed by atoms with Gasteiger partial charge < -0.3 is 28.6 Å². The monoisotopic (exact) mass is 553 g/mol. The van der Waals surface area contributed by atoms with Gasteiger partial charge in [0.25, 0.3) is 0 Å². The van der Waals surface area contributed by atoms with Crippen LogP contribution in [0.5, 0.6) is 5.75 Å². The lowest BCUT2D eigenvalue weighted by atomic mass is 10.1. The van der Waals surface area contributed by atoms with Crippen molar-refractivity contribution in [2.24, 2.45) is 7.05 Å². The molecule has 5 aromatic heterocycles. The van der Waals surface area contributed by atoms with Crippen molar-refractivity contribution in [3.8, 4) is 22.8 Å². The number of nitrogens with zero attached hydrogens (tertiary/aromatic N) is 9. The van der Waals surface area contributed by atoms with Gasteiger partial charge in [0.05, 0.1) is 60.5 Å². The minimum atomic E-state index is 0.231. The van der Waals surface area contributed by atoms with Crippen LogP contribution >= 0.6 is 0 Å². The van der Waals surface area contributed by atoms with Crippen molar-refractivity contribution in [2.45, 2.75) is 31.6 Å². The highest BCUT2D eigenvalue weighted by Gasteiger charge is 2.41. The van der Waals surface area contributed by atoms with Crippen LogP contribution in [-0.4, -0.2) is 93.0 Å². The Morgan fingerprint density at radius 3 is 2.66 bits per heavy atom. The minimum Gasteiger partial charge on any atom is -0.496 e. The first-order valence-electron chi connectivity index (χ1n) is 13.9. The lowest BCUT2D eigenvalue weighted by Gasteiger charge is -2.38. The van der Waals surface area contributed by atoms with E-state index in [1.54, 1.807) is 26.6 Å². The second-order valence-electron chi connectivity index (χ2n) is 11.1. The molecule has 2 atom stereocenters. The molecule has 0 aliphatic carbocycles. The van der Waals surface area contributed by atoms with Gasteiger partial charge in [-0.3, -0.25) is 9.97 Å². The van der Waals surface area contributed by atoms with Crippen LogP contribution in [0.2, 0.25) is 0 Å². The third-order valence-corrected chi connectivity index (χ3v) is 8.70. The summed E-state index contributed by atoms with van der Waals surface area (Å²) in [6, 6.07) is 6.26. The summed E-state index contributed by atoms with van der Waals surface area (Å²) in [5.41, 5.74) is 5.28. The van der Waals surface area contributed by atoms with Gasteiger partial charge in [0, 0.05) is 63.3 Å². The number of fused-ring (bicyclic) bond motifs is 4. The maximum Gasteiger partial charge on any atom is 0.206 e. The Morgan fingerprint density at radius 1 is 1.02 bits per heavy atom. The van der Waals surface area contributed by atoms with Crippen molar-refractivity contribution in [1.29, 1.82) is 0 Å². The quantitative estimate of drug-likeness (QED) is 0.311. The van der Waals surface area contributed by atoms with Gasteiger partial charge in [-0.25, -0.2) is 14.6 Å². The van der Waals surface area contributed by atoms with E-state index in [4.69, 9.17) is 34.3 Å². The number of methoxy groups -OCH3 is 2. The van der Waals surface area contributed by atoms with Gasteiger partial charge >= 0.3 is 0 Å². The van der Waals surface area contributed by atoms with E-state index in [0.29, 0.717) is 12.6 Å². The fourth-order valence-corrected chi connectivity index (χ4v) is 6.40. The topological polar surface area (TPSA) is 108 Å². The molecule has 2 bridgehead atoms. The van der Waals surface area contributed by atoms with E-state index in [-0.39, 0.29) is 12.2 Å². The van der Waals surface area contributed by atoms with Crippen LogP contribution < -0.4 is 14.5 Å². The maximum atomic E-state index is 5.92. The predicted molar refractivity (Wildman–Crippen MR) is 154 cm³/mol. The molecule has 12 nitrogen and oxygen atoms in total. The summed E-state index contributed by atoms with van der Waals surface area (Å²) in [6.45, 7) is 5.17. The van der Waals surface area contributed by atoms with Crippen LogP contribution in [0.1, 0.15) is 12.1 Å². The first-order chi connectivity index (χ1) is 20.0. The third-order valence-electron chi connectivity index (χ3n) is 8.70. The van der Waals surface area contributed by atoms with Crippen LogP contribution in [0.15, 0.2) is 36.8 Å². The lowest BCUT2D eigenvalue weighted by molar-refractivity contribution is 0.0776. The van der Waals surface area contributed by atoms with E-state index < -0.39 is 0 Å². The Hall–Kier alpha value is -4.29. The Balaban J connectivity index is 1.31. The normalized spacial score (nSPS) is 20.5. The average Bonchev–Trinajstić information content (AvgIpc) is 3.76. The number of morpholine rings is 1. The number of aryl methyl sites for hydroxylation is 2. The number of anilines is 2. The van der Waals surface area contributed by atoms with E-state index in [2.05, 4.69) is 32.5 Å². The van der Waals surface area contributed by atoms with Gasteiger partial charge in [0.1, 0.15) is 11.3 Å². The van der Waals surface area contributed by atoms with E-state index in [9.17, 15) is 0 Å². The first kappa shape index (κ1) is 24.5. The van der Waals surface area contributed by atoms with Gasteiger partial charge in [-0.2, -0.15) is 5.10 Å². The molecular weight excluding hydrogens is 522 g/mol. The number of aromatic nitrogens is 7. The van der Waals surface area contributed by atoms with Gasteiger partial charge in [0.2, 0.25) is 5.95 Å². The number of hydrogen-bond donors (Lipinski definition) is 0. The van der Waals surface area contributed by atoms with Crippen LogP contribution in [-0.2, 0) is 16.5 Å². The van der Waals surface area contributed by atoms with Gasteiger partial charge in [-0.05, 0) is 25.5 Å². The van der Waals surface area contributed by atoms with E-state index >= 15 is 0 Å². The predicted octanol–water partition coefficient (Wildman–Crippen LogP) is 2.89. The second kappa shape index (κ2) is 9.11. The molecule has 8 rings (SSSR count). The molecule has 0 saturated carbocycles. The second-order valence-corrected chi connectivity index (χ2v) is 11.1. The Bertz CT molecular complexity index is 1810. The van der Waals surface area contributed by atoms with Crippen LogP contribution in [0.3, 0.4) is 0 Å². The van der Waals surface area contributed by atoms with E-state index in [1.807, 2.05) is 29.9 Å². The van der Waals surface area contributed by atoms with E-state index in [1.165, 1.54) is 0 Å². The molecule has 3 saturated heterocycles. The zero-order valence-electron chi connectivity index (χ0n) is 23.5. The van der Waals surface area contributed by atoms with Crippen LogP contribution in [0, 0.1) is 6.92 Å². The first-order valence-corrected chi connectivity index (χ1v) is 13.9. The largest absolute Gasteiger partial charge is 0.496 e. The highest BCUT2D eigenvalue weighted by molar-refractivity contribution is 5.92. The summed E-state index contributed by atoms with van der Waals surface area (Å²) in [5, 5.41) is 5.78. The summed E-state index contributed by atoms with van der Waals surface area (Å²) in [4.78, 5) is 24.2. The fourth-order valence-electron chi connectivity index (χ4n) is 6.40. The van der Waals surface area contributed by atoms with Crippen molar-refractivity contribution in [3.05, 3.63) is 42.5 Å². The Morgan fingerprint density at radius 2 is 1.90 bits per heavy atom. The van der Waals surface area contributed by atoms with Crippen LogP contribution in [0.25, 0.3) is 39.0 Å². The molecule has 0 amide bonds. The molecule has 12 heteroatoms. The maximum absolute atomic E-state index is 5.92. The molecule has 210 valence electrons. The molecule has 0 aromatic carbocycles. The van der Waals surface area contributed by atoms with Crippen molar-refractivity contribution in [2.75, 3.05) is 50.3 Å². The van der Waals surface area contributed by atoms with Crippen molar-refractivity contribution in [3.63, 3.8) is 0 Å². The SMILES string of the molecule is COc1ccncc1-c1cc2c(cnn2-c2cc3c(nc(N4CC(OC)C4)n3C)c(N3C[C@H]4C[C@@H]3CO4)n2)c(C)n1. The molecule has 8 heterocycles. The van der Waals surface area contributed by atoms with Crippen LogP contribution in [0.4, 0.5) is 11.8 Å². The summed E-state index contributed by atoms with van der Waals surface area (Å²) >= 11 is 0. The van der Waals surface area contributed by atoms with Gasteiger partial charge in [0.15, 0.2) is 11.6 Å². The number of imidazole rings is 1. The highest BCUT2D eigenvalue weighted by Crippen LogP contribution is 2.38. The fraction of sp³-hybridized carbons (Fsp3) is 0.414. The van der Waals surface area contributed by atoms with Gasteiger partial charge in [-0.15, -0.1) is 0 Å². The van der Waals surface area contributed by atoms with Crippen molar-refractivity contribution < 1.29 is 14.2 Å². The molecule has 0 radical (unpaired) electrons. The number of pyridine rings is 3. The molecule has 0 unspecified atom stereocenters. The number of hydrogen-bond acceptors (Lipinski definition) is 10.